The maximum absolute atomic E-state index is 12.7. The lowest BCUT2D eigenvalue weighted by atomic mass is 9.81. The summed E-state index contributed by atoms with van der Waals surface area (Å²) < 4.78 is 6.27. The van der Waals surface area contributed by atoms with Crippen LogP contribution in [0.3, 0.4) is 0 Å². The molecule has 4 heteroatoms. The molecule has 3 aromatic rings. The lowest BCUT2D eigenvalue weighted by molar-refractivity contribution is 0.159. The number of para-hydroxylation sites is 2. The van der Waals surface area contributed by atoms with Crippen molar-refractivity contribution in [2.45, 2.75) is 18.6 Å². The molecule has 3 heterocycles. The molecule has 4 nitrogen and oxygen atoms in total. The fourth-order valence-corrected chi connectivity index (χ4v) is 3.95. The number of aromatic nitrogens is 1. The molecule has 23 heavy (non-hydrogen) atoms. The SMILES string of the molecule is CN1c2ccccc2C2CC1Oc1c2c(=O)[nH]c2ccccc12. The molecule has 2 bridgehead atoms. The van der Waals surface area contributed by atoms with E-state index in [1.807, 2.05) is 36.4 Å². The van der Waals surface area contributed by atoms with Crippen molar-refractivity contribution in [3.05, 3.63) is 70.0 Å². The summed E-state index contributed by atoms with van der Waals surface area (Å²) in [5.74, 6) is 0.830. The standard InChI is InChI=1S/C19H16N2O2/c1-21-15-9-5-3-6-11(15)13-10-16(21)23-18-12-7-2-4-8-14(12)20-19(22)17(13)18/h2-9,13,16H,10H2,1H3,(H,20,22). The minimum Gasteiger partial charge on any atom is -0.469 e. The zero-order chi connectivity index (χ0) is 15.6. The Balaban J connectivity index is 1.86. The zero-order valence-electron chi connectivity index (χ0n) is 12.7. The number of ether oxygens (including phenoxy) is 1. The summed E-state index contributed by atoms with van der Waals surface area (Å²) >= 11 is 0. The van der Waals surface area contributed by atoms with Gasteiger partial charge < -0.3 is 14.6 Å². The van der Waals surface area contributed by atoms with Gasteiger partial charge in [0.1, 0.15) is 5.75 Å². The molecule has 0 fully saturated rings. The van der Waals surface area contributed by atoms with Crippen LogP contribution in [0.25, 0.3) is 10.9 Å². The first-order valence-electron chi connectivity index (χ1n) is 7.87. The van der Waals surface area contributed by atoms with Crippen molar-refractivity contribution >= 4 is 16.6 Å². The second kappa shape index (κ2) is 4.38. The molecule has 114 valence electrons. The maximum atomic E-state index is 12.7. The van der Waals surface area contributed by atoms with Crippen LogP contribution in [0, 0.1) is 0 Å². The van der Waals surface area contributed by atoms with Crippen LogP contribution in [-0.2, 0) is 0 Å². The third kappa shape index (κ3) is 1.63. The topological polar surface area (TPSA) is 45.3 Å². The Morgan fingerprint density at radius 1 is 1.13 bits per heavy atom. The number of aromatic amines is 1. The molecule has 0 radical (unpaired) electrons. The van der Waals surface area contributed by atoms with Crippen molar-refractivity contribution in [2.24, 2.45) is 0 Å². The summed E-state index contributed by atoms with van der Waals surface area (Å²) in [6.45, 7) is 0. The van der Waals surface area contributed by atoms with Crippen molar-refractivity contribution in [1.82, 2.24) is 4.98 Å². The number of hydrogen-bond donors (Lipinski definition) is 1. The number of H-pyrrole nitrogens is 1. The Hall–Kier alpha value is -2.75. The highest BCUT2D eigenvalue weighted by Gasteiger charge is 2.40. The molecule has 0 spiro atoms. The Morgan fingerprint density at radius 3 is 2.83 bits per heavy atom. The fraction of sp³-hybridized carbons (Fsp3) is 0.211. The molecule has 2 unspecified atom stereocenters. The predicted octanol–water partition coefficient (Wildman–Crippen LogP) is 3.22. The lowest BCUT2D eigenvalue weighted by Crippen LogP contribution is -2.46. The summed E-state index contributed by atoms with van der Waals surface area (Å²) in [6, 6.07) is 16.1. The van der Waals surface area contributed by atoms with Gasteiger partial charge in [-0.3, -0.25) is 4.79 Å². The Labute approximate surface area is 133 Å². The highest BCUT2D eigenvalue weighted by Crippen LogP contribution is 2.48. The molecular formula is C19H16N2O2. The summed E-state index contributed by atoms with van der Waals surface area (Å²) in [5, 5.41) is 0.976. The van der Waals surface area contributed by atoms with Gasteiger partial charge in [0.15, 0.2) is 6.23 Å². The van der Waals surface area contributed by atoms with Gasteiger partial charge in [0.25, 0.3) is 5.56 Å². The quantitative estimate of drug-likeness (QED) is 0.693. The highest BCUT2D eigenvalue weighted by atomic mass is 16.5. The third-order valence-corrected chi connectivity index (χ3v) is 5.07. The second-order valence-electron chi connectivity index (χ2n) is 6.27. The van der Waals surface area contributed by atoms with E-state index in [0.29, 0.717) is 0 Å². The predicted molar refractivity (Wildman–Crippen MR) is 90.3 cm³/mol. The number of pyridine rings is 1. The normalized spacial score (nSPS) is 21.5. The van der Waals surface area contributed by atoms with E-state index in [0.717, 1.165) is 34.3 Å². The molecule has 2 atom stereocenters. The van der Waals surface area contributed by atoms with Gasteiger partial charge in [0.2, 0.25) is 0 Å². The zero-order valence-corrected chi connectivity index (χ0v) is 12.7. The number of anilines is 1. The minimum atomic E-state index is -0.0403. The van der Waals surface area contributed by atoms with E-state index in [-0.39, 0.29) is 17.7 Å². The number of hydrogen-bond acceptors (Lipinski definition) is 3. The smallest absolute Gasteiger partial charge is 0.256 e. The van der Waals surface area contributed by atoms with E-state index < -0.39 is 0 Å². The third-order valence-electron chi connectivity index (χ3n) is 5.07. The summed E-state index contributed by atoms with van der Waals surface area (Å²) in [7, 11) is 2.06. The molecule has 0 saturated carbocycles. The number of nitrogens with one attached hydrogen (secondary N) is 1. The Morgan fingerprint density at radius 2 is 1.91 bits per heavy atom. The molecule has 0 aliphatic carbocycles. The van der Waals surface area contributed by atoms with Gasteiger partial charge in [-0.1, -0.05) is 30.3 Å². The lowest BCUT2D eigenvalue weighted by Gasteiger charge is -2.43. The van der Waals surface area contributed by atoms with Crippen LogP contribution < -0.4 is 15.2 Å². The molecule has 1 aromatic heterocycles. The summed E-state index contributed by atoms with van der Waals surface area (Å²) in [6.07, 6.45) is 0.773. The molecule has 1 N–H and O–H groups in total. The number of nitrogens with zero attached hydrogens (tertiary/aromatic N) is 1. The Bertz CT molecular complexity index is 992. The van der Waals surface area contributed by atoms with Crippen molar-refractivity contribution in [3.8, 4) is 5.75 Å². The van der Waals surface area contributed by atoms with Crippen molar-refractivity contribution in [2.75, 3.05) is 11.9 Å². The molecule has 2 aromatic carbocycles. The van der Waals surface area contributed by atoms with Gasteiger partial charge in [-0.25, -0.2) is 0 Å². The van der Waals surface area contributed by atoms with Crippen molar-refractivity contribution in [1.29, 1.82) is 0 Å². The minimum absolute atomic E-state index is 0.0346. The van der Waals surface area contributed by atoms with Crippen LogP contribution in [0.15, 0.2) is 53.3 Å². The molecular weight excluding hydrogens is 288 g/mol. The molecule has 0 saturated heterocycles. The van der Waals surface area contributed by atoms with Gasteiger partial charge >= 0.3 is 0 Å². The van der Waals surface area contributed by atoms with Gasteiger partial charge in [-0.2, -0.15) is 0 Å². The van der Waals surface area contributed by atoms with Crippen LogP contribution in [-0.4, -0.2) is 18.3 Å². The van der Waals surface area contributed by atoms with Gasteiger partial charge in [-0.15, -0.1) is 0 Å². The largest absolute Gasteiger partial charge is 0.469 e. The molecule has 0 amide bonds. The first kappa shape index (κ1) is 12.8. The Kier molecular flexibility index (Phi) is 2.43. The van der Waals surface area contributed by atoms with E-state index in [9.17, 15) is 4.79 Å². The van der Waals surface area contributed by atoms with E-state index in [1.165, 1.54) is 5.56 Å². The van der Waals surface area contributed by atoms with E-state index in [4.69, 9.17) is 4.74 Å². The second-order valence-corrected chi connectivity index (χ2v) is 6.27. The van der Waals surface area contributed by atoms with Crippen LogP contribution in [0.1, 0.15) is 23.5 Å². The maximum Gasteiger partial charge on any atom is 0.256 e. The van der Waals surface area contributed by atoms with Crippen LogP contribution >= 0.6 is 0 Å². The fourth-order valence-electron chi connectivity index (χ4n) is 3.95. The average molecular weight is 304 g/mol. The number of fused-ring (bicyclic) bond motifs is 8. The van der Waals surface area contributed by atoms with Crippen molar-refractivity contribution in [3.63, 3.8) is 0 Å². The monoisotopic (exact) mass is 304 g/mol. The first-order chi connectivity index (χ1) is 11.2. The first-order valence-corrected chi connectivity index (χ1v) is 7.87. The van der Waals surface area contributed by atoms with Crippen LogP contribution in [0.4, 0.5) is 5.69 Å². The van der Waals surface area contributed by atoms with Gasteiger partial charge in [0, 0.05) is 30.5 Å². The van der Waals surface area contributed by atoms with Crippen LogP contribution in [0.2, 0.25) is 0 Å². The average Bonchev–Trinajstić information content (AvgIpc) is 2.59. The van der Waals surface area contributed by atoms with E-state index in [2.05, 4.69) is 29.1 Å². The van der Waals surface area contributed by atoms with E-state index >= 15 is 0 Å². The highest BCUT2D eigenvalue weighted by molar-refractivity contribution is 5.87. The molecule has 2 aliphatic rings. The number of rotatable bonds is 0. The molecule has 2 aliphatic heterocycles. The van der Waals surface area contributed by atoms with Gasteiger partial charge in [0.05, 0.1) is 11.1 Å². The summed E-state index contributed by atoms with van der Waals surface area (Å²) in [5.41, 5.74) is 3.90. The van der Waals surface area contributed by atoms with Gasteiger partial charge in [-0.05, 0) is 23.8 Å². The van der Waals surface area contributed by atoms with E-state index in [1.54, 1.807) is 0 Å². The van der Waals surface area contributed by atoms with Crippen molar-refractivity contribution < 1.29 is 4.74 Å². The van der Waals surface area contributed by atoms with Crippen LogP contribution in [0.5, 0.6) is 5.75 Å². The summed E-state index contributed by atoms with van der Waals surface area (Å²) in [4.78, 5) is 17.9. The number of benzene rings is 2. The molecule has 5 rings (SSSR count).